The van der Waals surface area contributed by atoms with Gasteiger partial charge < -0.3 is 9.67 Å². The van der Waals surface area contributed by atoms with Gasteiger partial charge in [0.15, 0.2) is 0 Å². The van der Waals surface area contributed by atoms with E-state index in [2.05, 4.69) is 12.1 Å². The molecular formula is C18H16N2O3. The Morgan fingerprint density at radius 2 is 2.00 bits per heavy atom. The first kappa shape index (κ1) is 15.0. The lowest BCUT2D eigenvalue weighted by Crippen LogP contribution is -2.25. The first-order chi connectivity index (χ1) is 11.1. The summed E-state index contributed by atoms with van der Waals surface area (Å²) < 4.78 is 1.39. The normalized spacial score (nSPS) is 12.7. The third-order valence-corrected chi connectivity index (χ3v) is 4.24. The van der Waals surface area contributed by atoms with E-state index in [0.29, 0.717) is 5.69 Å². The summed E-state index contributed by atoms with van der Waals surface area (Å²) >= 11 is 0. The SMILES string of the molecule is N#Cc1ccc(-c2ccc3c(c2)CCC3)n(CCC(=O)O)c1=O. The fraction of sp³-hybridized carbons (Fsp3) is 0.278. The van der Waals surface area contributed by atoms with Crippen LogP contribution in [0.2, 0.25) is 0 Å². The van der Waals surface area contributed by atoms with Gasteiger partial charge in [0.05, 0.1) is 12.1 Å². The molecule has 23 heavy (non-hydrogen) atoms. The van der Waals surface area contributed by atoms with Crippen molar-refractivity contribution in [1.82, 2.24) is 4.57 Å². The predicted molar refractivity (Wildman–Crippen MR) is 85.1 cm³/mol. The molecule has 1 aliphatic carbocycles. The first-order valence-electron chi connectivity index (χ1n) is 7.58. The summed E-state index contributed by atoms with van der Waals surface area (Å²) in [5.74, 6) is -0.973. The van der Waals surface area contributed by atoms with Gasteiger partial charge in [-0.05, 0) is 54.2 Å². The van der Waals surface area contributed by atoms with Crippen molar-refractivity contribution >= 4 is 5.97 Å². The molecular weight excluding hydrogens is 292 g/mol. The van der Waals surface area contributed by atoms with Crippen LogP contribution in [0.25, 0.3) is 11.3 Å². The highest BCUT2D eigenvalue weighted by molar-refractivity contribution is 5.67. The molecule has 116 valence electrons. The number of nitrogens with zero attached hydrogens (tertiary/aromatic N) is 2. The summed E-state index contributed by atoms with van der Waals surface area (Å²) in [6.07, 6.45) is 3.08. The first-order valence-corrected chi connectivity index (χ1v) is 7.58. The molecule has 1 aromatic carbocycles. The minimum atomic E-state index is -0.973. The highest BCUT2D eigenvalue weighted by Gasteiger charge is 2.15. The lowest BCUT2D eigenvalue weighted by molar-refractivity contribution is -0.137. The van der Waals surface area contributed by atoms with Crippen LogP contribution < -0.4 is 5.56 Å². The lowest BCUT2D eigenvalue weighted by atomic mass is 10.0. The average molecular weight is 308 g/mol. The quantitative estimate of drug-likeness (QED) is 0.939. The third-order valence-electron chi connectivity index (χ3n) is 4.24. The van der Waals surface area contributed by atoms with Gasteiger partial charge in [0.2, 0.25) is 0 Å². The Labute approximate surface area is 133 Å². The zero-order valence-electron chi connectivity index (χ0n) is 12.6. The smallest absolute Gasteiger partial charge is 0.305 e. The average Bonchev–Trinajstić information content (AvgIpc) is 3.00. The second-order valence-electron chi connectivity index (χ2n) is 5.68. The molecule has 0 aliphatic heterocycles. The van der Waals surface area contributed by atoms with Crippen molar-refractivity contribution in [1.29, 1.82) is 5.26 Å². The largest absolute Gasteiger partial charge is 0.481 e. The summed E-state index contributed by atoms with van der Waals surface area (Å²) in [6, 6.07) is 11.2. The fourth-order valence-corrected chi connectivity index (χ4v) is 3.08. The summed E-state index contributed by atoms with van der Waals surface area (Å²) in [6.45, 7) is 0.0517. The molecule has 1 heterocycles. The van der Waals surface area contributed by atoms with Crippen LogP contribution in [0.4, 0.5) is 0 Å². The van der Waals surface area contributed by atoms with E-state index >= 15 is 0 Å². The van der Waals surface area contributed by atoms with Crippen molar-refractivity contribution in [3.8, 4) is 17.3 Å². The number of carboxylic acids is 1. The number of hydrogen-bond acceptors (Lipinski definition) is 3. The number of carbonyl (C=O) groups is 1. The Kier molecular flexibility index (Phi) is 3.98. The Hall–Kier alpha value is -2.87. The van der Waals surface area contributed by atoms with Crippen LogP contribution in [0, 0.1) is 11.3 Å². The number of rotatable bonds is 4. The van der Waals surface area contributed by atoms with Crippen LogP contribution in [-0.2, 0) is 24.2 Å². The Morgan fingerprint density at radius 1 is 1.22 bits per heavy atom. The van der Waals surface area contributed by atoms with Crippen molar-refractivity contribution in [3.63, 3.8) is 0 Å². The maximum Gasteiger partial charge on any atom is 0.305 e. The molecule has 0 bridgehead atoms. The molecule has 0 radical (unpaired) electrons. The van der Waals surface area contributed by atoms with Gasteiger partial charge >= 0.3 is 5.97 Å². The van der Waals surface area contributed by atoms with E-state index in [4.69, 9.17) is 10.4 Å². The number of aliphatic carboxylic acids is 1. The zero-order valence-corrected chi connectivity index (χ0v) is 12.6. The maximum atomic E-state index is 12.4. The van der Waals surface area contributed by atoms with Crippen molar-refractivity contribution in [2.24, 2.45) is 0 Å². The molecule has 1 aromatic heterocycles. The number of fused-ring (bicyclic) bond motifs is 1. The lowest BCUT2D eigenvalue weighted by Gasteiger charge is -2.13. The van der Waals surface area contributed by atoms with Crippen LogP contribution in [0.1, 0.15) is 29.5 Å². The van der Waals surface area contributed by atoms with Gasteiger partial charge in [-0.3, -0.25) is 9.59 Å². The summed E-state index contributed by atoms with van der Waals surface area (Å²) in [5.41, 5.74) is 3.75. The van der Waals surface area contributed by atoms with E-state index in [1.165, 1.54) is 21.8 Å². The molecule has 0 unspecified atom stereocenters. The summed E-state index contributed by atoms with van der Waals surface area (Å²) in [5, 5.41) is 17.9. The second-order valence-corrected chi connectivity index (χ2v) is 5.68. The van der Waals surface area contributed by atoms with Gasteiger partial charge in [0.1, 0.15) is 11.6 Å². The molecule has 1 N–H and O–H groups in total. The molecule has 0 amide bonds. The maximum absolute atomic E-state index is 12.4. The highest BCUT2D eigenvalue weighted by Crippen LogP contribution is 2.27. The summed E-state index contributed by atoms with van der Waals surface area (Å²) in [7, 11) is 0. The van der Waals surface area contributed by atoms with Gasteiger partial charge in [-0.2, -0.15) is 5.26 Å². The Balaban J connectivity index is 2.11. The standard InChI is InChI=1S/C18H16N2O3/c19-11-15-6-7-16(20(18(15)23)9-8-17(21)22)14-5-4-12-2-1-3-13(12)10-14/h4-7,10H,1-3,8-9H2,(H,21,22). The third kappa shape index (κ3) is 2.88. The molecule has 0 spiro atoms. The van der Waals surface area contributed by atoms with Crippen LogP contribution >= 0.6 is 0 Å². The van der Waals surface area contributed by atoms with Crippen LogP contribution in [0.3, 0.4) is 0 Å². The molecule has 2 aromatic rings. The van der Waals surface area contributed by atoms with Crippen LogP contribution in [-0.4, -0.2) is 15.6 Å². The Bertz CT molecular complexity index is 875. The van der Waals surface area contributed by atoms with Gasteiger partial charge in [0, 0.05) is 6.54 Å². The molecule has 1 aliphatic rings. The highest BCUT2D eigenvalue weighted by atomic mass is 16.4. The van der Waals surface area contributed by atoms with Gasteiger partial charge in [0.25, 0.3) is 5.56 Å². The summed E-state index contributed by atoms with van der Waals surface area (Å²) in [4.78, 5) is 23.2. The second kappa shape index (κ2) is 6.09. The van der Waals surface area contributed by atoms with E-state index in [1.807, 2.05) is 12.1 Å². The number of hydrogen-bond donors (Lipinski definition) is 1. The fourth-order valence-electron chi connectivity index (χ4n) is 3.08. The van der Waals surface area contributed by atoms with Gasteiger partial charge in [-0.25, -0.2) is 0 Å². The zero-order chi connectivity index (χ0) is 16.4. The number of pyridine rings is 1. The monoisotopic (exact) mass is 308 g/mol. The van der Waals surface area contributed by atoms with Crippen LogP contribution in [0.15, 0.2) is 35.1 Å². The van der Waals surface area contributed by atoms with Crippen molar-refractivity contribution in [2.75, 3.05) is 0 Å². The number of aryl methyl sites for hydroxylation is 2. The number of nitriles is 1. The van der Waals surface area contributed by atoms with Crippen molar-refractivity contribution in [2.45, 2.75) is 32.2 Å². The van der Waals surface area contributed by atoms with Crippen LogP contribution in [0.5, 0.6) is 0 Å². The van der Waals surface area contributed by atoms with E-state index in [0.717, 1.165) is 24.8 Å². The molecule has 0 saturated heterocycles. The number of carboxylic acid groups (broad SMARTS) is 1. The van der Waals surface area contributed by atoms with Crippen molar-refractivity contribution < 1.29 is 9.90 Å². The Morgan fingerprint density at radius 3 is 2.74 bits per heavy atom. The predicted octanol–water partition coefficient (Wildman–Crippen LogP) is 2.35. The topological polar surface area (TPSA) is 83.1 Å². The molecule has 5 heteroatoms. The number of aromatic nitrogens is 1. The van der Waals surface area contributed by atoms with E-state index in [-0.39, 0.29) is 18.5 Å². The van der Waals surface area contributed by atoms with E-state index < -0.39 is 11.5 Å². The van der Waals surface area contributed by atoms with Gasteiger partial charge in [-0.15, -0.1) is 0 Å². The van der Waals surface area contributed by atoms with E-state index in [9.17, 15) is 9.59 Å². The van der Waals surface area contributed by atoms with Gasteiger partial charge in [-0.1, -0.05) is 12.1 Å². The minimum Gasteiger partial charge on any atom is -0.481 e. The number of benzene rings is 1. The molecule has 0 atom stereocenters. The molecule has 0 saturated carbocycles. The molecule has 3 rings (SSSR count). The molecule has 0 fully saturated rings. The molecule has 5 nitrogen and oxygen atoms in total. The van der Waals surface area contributed by atoms with Crippen molar-refractivity contribution in [3.05, 3.63) is 57.4 Å². The minimum absolute atomic E-state index is 0.0281. The van der Waals surface area contributed by atoms with E-state index in [1.54, 1.807) is 6.07 Å².